The molecule has 0 atom stereocenters. The van der Waals surface area contributed by atoms with E-state index in [1.54, 1.807) is 6.92 Å². The fraction of sp³-hybridized carbons (Fsp3) is 0.625. The Balaban J connectivity index is -0.0000000300. The van der Waals surface area contributed by atoms with E-state index in [-0.39, 0.29) is 33.7 Å². The van der Waals surface area contributed by atoms with Crippen molar-refractivity contribution in [3.8, 4) is 0 Å². The zero-order valence-electron chi connectivity index (χ0n) is 5.02. The maximum atomic E-state index is 10.2. The van der Waals surface area contributed by atoms with E-state index in [9.17, 15) is 4.79 Å². The van der Waals surface area contributed by atoms with Crippen LogP contribution in [0.4, 0.5) is 0 Å². The van der Waals surface area contributed by atoms with Crippen molar-refractivity contribution < 1.29 is 15.0 Å². The summed E-state index contributed by atoms with van der Waals surface area (Å²) in [6.45, 7) is 4.95. The van der Waals surface area contributed by atoms with Gasteiger partial charge in [0.05, 0.1) is 7.11 Å². The Hall–Kier alpha value is -0.830. The van der Waals surface area contributed by atoms with Gasteiger partial charge in [0.25, 0.3) is 0 Å². The summed E-state index contributed by atoms with van der Waals surface area (Å²) in [6, 6.07) is 0. The van der Waals surface area contributed by atoms with Crippen LogP contribution in [0.25, 0.3) is 0 Å². The van der Waals surface area contributed by atoms with E-state index in [4.69, 9.17) is 0 Å². The number of rotatable bonds is 1. The van der Waals surface area contributed by atoms with Gasteiger partial charge in [-0.3, -0.25) is 0 Å². The topological polar surface area (TPSA) is 57.8 Å². The summed E-state index contributed by atoms with van der Waals surface area (Å²) in [4.78, 5) is 10.2. The van der Waals surface area contributed by atoms with Gasteiger partial charge in [-0.15, -0.1) is 0 Å². The summed E-state index contributed by atoms with van der Waals surface area (Å²) in [5, 5.41) is 0. The molecule has 0 aliphatic rings. The van der Waals surface area contributed by atoms with Crippen LogP contribution in [0.5, 0.6) is 0 Å². The van der Waals surface area contributed by atoms with Gasteiger partial charge < -0.3 is 10.2 Å². The normalized spacial score (nSPS) is 4.91. The van der Waals surface area contributed by atoms with E-state index in [2.05, 4.69) is 11.3 Å². The number of ether oxygens (including phenoxy) is 1. The highest BCUT2D eigenvalue weighted by Crippen LogP contribution is 1.87. The van der Waals surface area contributed by atoms with E-state index in [1.807, 2.05) is 0 Å². The van der Waals surface area contributed by atoms with Crippen LogP contribution in [-0.4, -0.2) is 18.6 Å². The van der Waals surface area contributed by atoms with Crippen molar-refractivity contribution in [1.82, 2.24) is 0 Å². The molecule has 0 aromatic heterocycles. The first kappa shape index (κ1) is 32.0. The predicted molar refractivity (Wildman–Crippen MR) is 50.6 cm³/mol. The Morgan fingerprint density at radius 1 is 1.27 bits per heavy atom. The first-order valence-corrected chi connectivity index (χ1v) is 1.92. The summed E-state index contributed by atoms with van der Waals surface area (Å²) >= 11 is 0. The van der Waals surface area contributed by atoms with Crippen LogP contribution in [0.15, 0.2) is 12.2 Å². The van der Waals surface area contributed by atoms with E-state index >= 15 is 0 Å². The van der Waals surface area contributed by atoms with Crippen LogP contribution >= 0.6 is 0 Å². The molecule has 0 aliphatic heterocycles. The average Bonchev–Trinajstić information content (AvgIpc) is 1.65. The number of carbonyl (C=O) groups excluding carboxylic acids is 1. The summed E-state index contributed by atoms with van der Waals surface area (Å²) < 4.78 is 4.27. The summed E-state index contributed by atoms with van der Waals surface area (Å²) in [7, 11) is 1.33. The third kappa shape index (κ3) is 17.6. The Kier molecular flexibility index (Phi) is 46.8. The van der Waals surface area contributed by atoms with E-state index in [0.29, 0.717) is 5.57 Å². The molecule has 0 saturated heterocycles. The second kappa shape index (κ2) is 16.1. The summed E-state index contributed by atoms with van der Waals surface area (Å²) in [5.74, 6) is -0.347. The van der Waals surface area contributed by atoms with Crippen molar-refractivity contribution in [3.63, 3.8) is 0 Å². The van der Waals surface area contributed by atoms with Gasteiger partial charge in [0.15, 0.2) is 0 Å². The number of esters is 1. The number of hydrogen-bond donors (Lipinski definition) is 0. The first-order chi connectivity index (χ1) is 3.18. The zero-order valence-corrected chi connectivity index (χ0v) is 5.02. The molecule has 0 unspecified atom stereocenters. The van der Waals surface area contributed by atoms with Gasteiger partial charge in [-0.1, -0.05) is 28.9 Å². The second-order valence-corrected chi connectivity index (χ2v) is 1.27. The van der Waals surface area contributed by atoms with Crippen molar-refractivity contribution in [2.24, 2.45) is 0 Å². The van der Waals surface area contributed by atoms with Crippen LogP contribution in [0.1, 0.15) is 29.2 Å². The van der Waals surface area contributed by atoms with E-state index in [0.717, 1.165) is 0 Å². The predicted octanol–water partition coefficient (Wildman–Crippen LogP) is 1.82. The Morgan fingerprint density at radius 3 is 1.55 bits per heavy atom. The number of hydrogen-bond acceptors (Lipinski definition) is 2. The largest absolute Gasteiger partial charge is 0.466 e. The fourth-order valence-corrected chi connectivity index (χ4v) is 0.174. The average molecular weight is 166 g/mol. The van der Waals surface area contributed by atoms with Crippen LogP contribution in [0.3, 0.4) is 0 Å². The van der Waals surface area contributed by atoms with Gasteiger partial charge in [0.1, 0.15) is 0 Å². The van der Waals surface area contributed by atoms with Gasteiger partial charge >= 0.3 is 5.97 Å². The summed E-state index contributed by atoms with van der Waals surface area (Å²) in [5.41, 5.74) is 0.433. The molecule has 0 bridgehead atoms. The van der Waals surface area contributed by atoms with Gasteiger partial charge in [0, 0.05) is 5.57 Å². The van der Waals surface area contributed by atoms with Gasteiger partial charge in [-0.05, 0) is 6.92 Å². The third-order valence-electron chi connectivity index (χ3n) is 0.534. The van der Waals surface area contributed by atoms with Crippen LogP contribution in [-0.2, 0) is 9.53 Å². The molecule has 2 N–H and O–H groups in total. The fourth-order valence-electron chi connectivity index (χ4n) is 0.174. The maximum Gasteiger partial charge on any atom is 0.332 e. The van der Waals surface area contributed by atoms with Crippen molar-refractivity contribution in [3.05, 3.63) is 12.2 Å². The molecular weight excluding hydrogens is 144 g/mol. The molecule has 0 saturated carbocycles. The SMILES string of the molecule is C.C.C.C=C(C)C(=O)OC.O. The number of carbonyl (C=O) groups is 1. The molecule has 72 valence electrons. The van der Waals surface area contributed by atoms with Crippen LogP contribution in [0, 0.1) is 0 Å². The highest BCUT2D eigenvalue weighted by molar-refractivity contribution is 5.86. The van der Waals surface area contributed by atoms with E-state index in [1.165, 1.54) is 7.11 Å². The lowest BCUT2D eigenvalue weighted by atomic mass is 10.4. The summed E-state index contributed by atoms with van der Waals surface area (Å²) in [6.07, 6.45) is 0. The molecule has 0 aliphatic carbocycles. The van der Waals surface area contributed by atoms with Crippen molar-refractivity contribution in [2.45, 2.75) is 29.2 Å². The minimum absolute atomic E-state index is 0. The van der Waals surface area contributed by atoms with Gasteiger partial charge in [0.2, 0.25) is 0 Å². The molecule has 0 rings (SSSR count). The maximum absolute atomic E-state index is 10.2. The molecule has 0 aromatic carbocycles. The lowest BCUT2D eigenvalue weighted by molar-refractivity contribution is -0.136. The van der Waals surface area contributed by atoms with E-state index < -0.39 is 0 Å². The minimum Gasteiger partial charge on any atom is -0.466 e. The van der Waals surface area contributed by atoms with Crippen molar-refractivity contribution >= 4 is 5.97 Å². The number of methoxy groups -OCH3 is 1. The highest BCUT2D eigenvalue weighted by atomic mass is 16.5. The highest BCUT2D eigenvalue weighted by Gasteiger charge is 1.95. The molecule has 0 amide bonds. The molecule has 0 fully saturated rings. The monoisotopic (exact) mass is 166 g/mol. The second-order valence-electron chi connectivity index (χ2n) is 1.27. The Bertz CT molecular complexity index is 97.5. The zero-order chi connectivity index (χ0) is 5.86. The minimum atomic E-state index is -0.347. The molecule has 0 radical (unpaired) electrons. The van der Waals surface area contributed by atoms with Crippen molar-refractivity contribution in [2.75, 3.05) is 7.11 Å². The molecule has 3 nitrogen and oxygen atoms in total. The lowest BCUT2D eigenvalue weighted by Crippen LogP contribution is -1.98. The molecule has 0 aromatic rings. The van der Waals surface area contributed by atoms with Gasteiger partial charge in [-0.25, -0.2) is 4.79 Å². The third-order valence-corrected chi connectivity index (χ3v) is 0.534. The molecule has 3 heteroatoms. The molecule has 0 spiro atoms. The lowest BCUT2D eigenvalue weighted by Gasteiger charge is -1.91. The molecular formula is C8H22O3. The van der Waals surface area contributed by atoms with Crippen LogP contribution < -0.4 is 0 Å². The standard InChI is InChI=1S/C5H8O2.3CH4.H2O/c1-4(2)5(6)7-3;;;;/h1H2,2-3H3;3*1H4;1H2. The Morgan fingerprint density at radius 2 is 1.55 bits per heavy atom. The molecule has 11 heavy (non-hydrogen) atoms. The smallest absolute Gasteiger partial charge is 0.332 e. The molecule has 0 heterocycles. The van der Waals surface area contributed by atoms with Crippen molar-refractivity contribution in [1.29, 1.82) is 0 Å². The quantitative estimate of drug-likeness (QED) is 0.440. The first-order valence-electron chi connectivity index (χ1n) is 1.92. The van der Waals surface area contributed by atoms with Gasteiger partial charge in [-0.2, -0.15) is 0 Å². The Labute approximate surface area is 70.4 Å². The van der Waals surface area contributed by atoms with Crippen LogP contribution in [0.2, 0.25) is 0 Å².